The SMILES string of the molecule is CCn1nc(C)c(Br)c1Cn1cc(Br)c([N+](=O)[O-])n1. The lowest BCUT2D eigenvalue weighted by atomic mass is 10.3. The van der Waals surface area contributed by atoms with Crippen molar-refractivity contribution in [1.29, 1.82) is 0 Å². The van der Waals surface area contributed by atoms with Crippen molar-refractivity contribution in [2.24, 2.45) is 0 Å². The average Bonchev–Trinajstić information content (AvgIpc) is 2.84. The predicted molar refractivity (Wildman–Crippen MR) is 76.0 cm³/mol. The van der Waals surface area contributed by atoms with Gasteiger partial charge < -0.3 is 10.1 Å². The van der Waals surface area contributed by atoms with Gasteiger partial charge in [-0.2, -0.15) is 9.78 Å². The van der Waals surface area contributed by atoms with Gasteiger partial charge in [-0.25, -0.2) is 0 Å². The van der Waals surface area contributed by atoms with E-state index in [0.717, 1.165) is 22.4 Å². The van der Waals surface area contributed by atoms with Crippen LogP contribution < -0.4 is 0 Å². The summed E-state index contributed by atoms with van der Waals surface area (Å²) >= 11 is 6.61. The number of hydrogen-bond acceptors (Lipinski definition) is 4. The zero-order chi connectivity index (χ0) is 14.2. The molecular weight excluding hydrogens is 382 g/mol. The molecule has 9 heteroatoms. The molecule has 0 radical (unpaired) electrons. The molecule has 0 bridgehead atoms. The van der Waals surface area contributed by atoms with Crippen LogP contribution in [0.15, 0.2) is 15.1 Å². The number of nitrogens with zero attached hydrogens (tertiary/aromatic N) is 5. The minimum atomic E-state index is -0.516. The lowest BCUT2D eigenvalue weighted by Gasteiger charge is -2.03. The molecule has 0 aliphatic heterocycles. The summed E-state index contributed by atoms with van der Waals surface area (Å²) in [7, 11) is 0. The molecule has 0 aromatic carbocycles. The monoisotopic (exact) mass is 391 g/mol. The Hall–Kier alpha value is -1.22. The minimum absolute atomic E-state index is 0.185. The Bertz CT molecular complexity index is 634. The molecule has 7 nitrogen and oxygen atoms in total. The molecule has 0 N–H and O–H groups in total. The Kier molecular flexibility index (Phi) is 4.04. The smallest absolute Gasteiger partial charge is 0.358 e. The van der Waals surface area contributed by atoms with Gasteiger partial charge in [-0.1, -0.05) is 0 Å². The molecule has 19 heavy (non-hydrogen) atoms. The summed E-state index contributed by atoms with van der Waals surface area (Å²) in [4.78, 5) is 10.2. The van der Waals surface area contributed by atoms with Gasteiger partial charge in [0.25, 0.3) is 0 Å². The van der Waals surface area contributed by atoms with Gasteiger partial charge in [0.1, 0.15) is 11.0 Å². The van der Waals surface area contributed by atoms with Crippen molar-refractivity contribution in [3.63, 3.8) is 0 Å². The highest BCUT2D eigenvalue weighted by Gasteiger charge is 2.21. The van der Waals surface area contributed by atoms with Crippen LogP contribution in [0.25, 0.3) is 0 Å². The van der Waals surface area contributed by atoms with Gasteiger partial charge >= 0.3 is 5.82 Å². The van der Waals surface area contributed by atoms with Crippen molar-refractivity contribution in [2.75, 3.05) is 0 Å². The second-order valence-electron chi connectivity index (χ2n) is 3.92. The topological polar surface area (TPSA) is 78.8 Å². The number of aromatic nitrogens is 4. The van der Waals surface area contributed by atoms with E-state index in [4.69, 9.17) is 0 Å². The molecule has 0 fully saturated rings. The first-order valence-corrected chi connectivity index (χ1v) is 7.11. The lowest BCUT2D eigenvalue weighted by molar-refractivity contribution is -0.390. The molecule has 0 amide bonds. The van der Waals surface area contributed by atoms with Crippen LogP contribution in [0, 0.1) is 17.0 Å². The van der Waals surface area contributed by atoms with Crippen molar-refractivity contribution < 1.29 is 4.92 Å². The first-order valence-electron chi connectivity index (χ1n) is 5.53. The molecule has 0 unspecified atom stereocenters. The second kappa shape index (κ2) is 5.41. The zero-order valence-corrected chi connectivity index (χ0v) is 13.5. The van der Waals surface area contributed by atoms with Crippen molar-refractivity contribution in [3.05, 3.63) is 36.6 Å². The third kappa shape index (κ3) is 2.71. The number of nitro groups is 1. The van der Waals surface area contributed by atoms with Gasteiger partial charge in [0.05, 0.1) is 27.2 Å². The fourth-order valence-corrected chi connectivity index (χ4v) is 2.63. The molecule has 0 saturated heterocycles. The third-order valence-electron chi connectivity index (χ3n) is 2.64. The fraction of sp³-hybridized carbons (Fsp3) is 0.400. The van der Waals surface area contributed by atoms with E-state index in [9.17, 15) is 10.1 Å². The van der Waals surface area contributed by atoms with Crippen LogP contribution in [0.2, 0.25) is 0 Å². The Morgan fingerprint density at radius 3 is 2.63 bits per heavy atom. The van der Waals surface area contributed by atoms with E-state index in [-0.39, 0.29) is 5.82 Å². The van der Waals surface area contributed by atoms with Gasteiger partial charge in [0, 0.05) is 6.54 Å². The summed E-state index contributed by atoms with van der Waals surface area (Å²) in [6.45, 7) is 5.04. The molecule has 2 rings (SSSR count). The highest BCUT2D eigenvalue weighted by atomic mass is 79.9. The van der Waals surface area contributed by atoms with Crippen molar-refractivity contribution in [2.45, 2.75) is 26.9 Å². The Labute approximate surface area is 126 Å². The van der Waals surface area contributed by atoms with E-state index in [0.29, 0.717) is 11.0 Å². The first-order chi connectivity index (χ1) is 8.93. The van der Waals surface area contributed by atoms with Crippen LogP contribution in [0.1, 0.15) is 18.3 Å². The molecule has 102 valence electrons. The summed E-state index contributed by atoms with van der Waals surface area (Å²) in [6, 6.07) is 0. The maximum absolute atomic E-state index is 10.8. The van der Waals surface area contributed by atoms with E-state index in [1.165, 1.54) is 4.68 Å². The maximum Gasteiger partial charge on any atom is 0.404 e. The van der Waals surface area contributed by atoms with Crippen LogP contribution in [-0.4, -0.2) is 24.5 Å². The predicted octanol–water partition coefficient (Wildman–Crippen LogP) is 2.89. The van der Waals surface area contributed by atoms with Crippen LogP contribution in [-0.2, 0) is 13.1 Å². The number of aryl methyl sites for hydroxylation is 2. The molecule has 2 aromatic heterocycles. The van der Waals surface area contributed by atoms with E-state index in [2.05, 4.69) is 42.1 Å². The molecule has 2 aromatic rings. The number of hydrogen-bond donors (Lipinski definition) is 0. The maximum atomic E-state index is 10.8. The van der Waals surface area contributed by atoms with Crippen molar-refractivity contribution in [3.8, 4) is 0 Å². The quantitative estimate of drug-likeness (QED) is 0.591. The van der Waals surface area contributed by atoms with Gasteiger partial charge in [0.15, 0.2) is 0 Å². The van der Waals surface area contributed by atoms with E-state index in [1.54, 1.807) is 6.20 Å². The van der Waals surface area contributed by atoms with Crippen LogP contribution in [0.4, 0.5) is 5.82 Å². The highest BCUT2D eigenvalue weighted by Crippen LogP contribution is 2.25. The van der Waals surface area contributed by atoms with Crippen molar-refractivity contribution >= 4 is 37.7 Å². The largest absolute Gasteiger partial charge is 0.404 e. The standard InChI is InChI=1S/C10H11Br2N5O2/c1-3-16-8(9(12)6(2)13-16)5-15-4-7(11)10(14-15)17(18)19/h4H,3,5H2,1-2H3. The van der Waals surface area contributed by atoms with Crippen LogP contribution in [0.5, 0.6) is 0 Å². The summed E-state index contributed by atoms with van der Waals surface area (Å²) in [5.74, 6) is -0.185. The highest BCUT2D eigenvalue weighted by molar-refractivity contribution is 9.11. The first kappa shape index (κ1) is 14.2. The fourth-order valence-electron chi connectivity index (χ4n) is 1.77. The Balaban J connectivity index is 2.36. The minimum Gasteiger partial charge on any atom is -0.358 e. The van der Waals surface area contributed by atoms with Gasteiger partial charge in [-0.15, -0.1) is 0 Å². The van der Waals surface area contributed by atoms with Gasteiger partial charge in [0.2, 0.25) is 0 Å². The Morgan fingerprint density at radius 1 is 1.42 bits per heavy atom. The van der Waals surface area contributed by atoms with Gasteiger partial charge in [-0.05, 0) is 50.6 Å². The molecule has 0 spiro atoms. The van der Waals surface area contributed by atoms with Gasteiger partial charge in [-0.3, -0.25) is 4.68 Å². The third-order valence-corrected chi connectivity index (χ3v) is 4.23. The summed E-state index contributed by atoms with van der Waals surface area (Å²) in [5, 5.41) is 19.1. The van der Waals surface area contributed by atoms with E-state index >= 15 is 0 Å². The summed E-state index contributed by atoms with van der Waals surface area (Å²) in [5.41, 5.74) is 1.82. The molecular formula is C10H11Br2N5O2. The molecule has 0 aliphatic carbocycles. The molecule has 2 heterocycles. The normalized spacial score (nSPS) is 10.9. The summed E-state index contributed by atoms with van der Waals surface area (Å²) in [6.07, 6.45) is 1.59. The van der Waals surface area contributed by atoms with E-state index in [1.807, 2.05) is 18.5 Å². The second-order valence-corrected chi connectivity index (χ2v) is 5.56. The van der Waals surface area contributed by atoms with Crippen molar-refractivity contribution in [1.82, 2.24) is 19.6 Å². The molecule has 0 aliphatic rings. The Morgan fingerprint density at radius 2 is 2.11 bits per heavy atom. The lowest BCUT2D eigenvalue weighted by Crippen LogP contribution is -2.09. The molecule has 0 atom stereocenters. The zero-order valence-electron chi connectivity index (χ0n) is 10.3. The number of rotatable bonds is 4. The summed E-state index contributed by atoms with van der Waals surface area (Å²) < 4.78 is 4.65. The van der Waals surface area contributed by atoms with Crippen LogP contribution in [0.3, 0.4) is 0 Å². The van der Waals surface area contributed by atoms with Crippen LogP contribution >= 0.6 is 31.9 Å². The average molecular weight is 393 g/mol. The number of halogens is 2. The van der Waals surface area contributed by atoms with E-state index < -0.39 is 4.92 Å². The molecule has 0 saturated carbocycles.